The summed E-state index contributed by atoms with van der Waals surface area (Å²) >= 11 is 9.47. The number of hydrogen-bond donors (Lipinski definition) is 2. The SMILES string of the molecule is CC(/C=C/Cl)=C\NC(C)S. The molecule has 0 heterocycles. The average molecular weight is 178 g/mol. The fraction of sp³-hybridized carbons (Fsp3) is 0.429. The number of allylic oxidation sites excluding steroid dienone is 2. The first kappa shape index (κ1) is 9.92. The minimum atomic E-state index is 0.179. The van der Waals surface area contributed by atoms with Gasteiger partial charge in [-0.05, 0) is 25.5 Å². The van der Waals surface area contributed by atoms with Gasteiger partial charge in [-0.25, -0.2) is 0 Å². The molecule has 1 atom stereocenters. The molecule has 0 aliphatic heterocycles. The fourth-order valence-electron chi connectivity index (χ4n) is 0.400. The van der Waals surface area contributed by atoms with E-state index < -0.39 is 0 Å². The highest BCUT2D eigenvalue weighted by atomic mass is 35.5. The summed E-state index contributed by atoms with van der Waals surface area (Å²) in [5, 5.41) is 3.20. The largest absolute Gasteiger partial charge is 0.379 e. The molecule has 0 rings (SSSR count). The van der Waals surface area contributed by atoms with Gasteiger partial charge in [0.25, 0.3) is 0 Å². The summed E-state index contributed by atoms with van der Waals surface area (Å²) in [6, 6.07) is 0. The predicted molar refractivity (Wildman–Crippen MR) is 50.3 cm³/mol. The summed E-state index contributed by atoms with van der Waals surface area (Å²) < 4.78 is 0. The third-order valence-corrected chi connectivity index (χ3v) is 1.15. The van der Waals surface area contributed by atoms with E-state index in [2.05, 4.69) is 17.9 Å². The number of thiol groups is 1. The highest BCUT2D eigenvalue weighted by molar-refractivity contribution is 7.80. The predicted octanol–water partition coefficient (Wildman–Crippen LogP) is 2.51. The zero-order valence-electron chi connectivity index (χ0n) is 6.13. The molecule has 0 fully saturated rings. The van der Waals surface area contributed by atoms with E-state index in [1.165, 1.54) is 5.54 Å². The topological polar surface area (TPSA) is 12.0 Å². The Kier molecular flexibility index (Phi) is 5.64. The van der Waals surface area contributed by atoms with Gasteiger partial charge in [-0.1, -0.05) is 11.6 Å². The maximum absolute atomic E-state index is 5.34. The molecule has 3 heteroatoms. The van der Waals surface area contributed by atoms with Crippen LogP contribution in [0.25, 0.3) is 0 Å². The third kappa shape index (κ3) is 6.05. The van der Waals surface area contributed by atoms with Crippen molar-refractivity contribution >= 4 is 24.2 Å². The first-order valence-electron chi connectivity index (χ1n) is 3.04. The Balaban J connectivity index is 3.68. The Morgan fingerprint density at radius 1 is 1.70 bits per heavy atom. The Morgan fingerprint density at radius 3 is 2.70 bits per heavy atom. The number of hydrogen-bond acceptors (Lipinski definition) is 2. The van der Waals surface area contributed by atoms with Crippen molar-refractivity contribution in [3.8, 4) is 0 Å². The van der Waals surface area contributed by atoms with Crippen LogP contribution >= 0.6 is 24.2 Å². The molecule has 0 saturated heterocycles. The molecule has 0 amide bonds. The lowest BCUT2D eigenvalue weighted by atomic mass is 10.3. The number of nitrogens with one attached hydrogen (secondary N) is 1. The summed E-state index contributed by atoms with van der Waals surface area (Å²) in [6.07, 6.45) is 3.68. The first-order chi connectivity index (χ1) is 4.66. The zero-order valence-corrected chi connectivity index (χ0v) is 7.78. The van der Waals surface area contributed by atoms with E-state index in [4.69, 9.17) is 11.6 Å². The van der Waals surface area contributed by atoms with Crippen molar-refractivity contribution in [2.45, 2.75) is 19.2 Å². The summed E-state index contributed by atoms with van der Waals surface area (Å²) in [6.45, 7) is 3.92. The lowest BCUT2D eigenvalue weighted by Crippen LogP contribution is -2.13. The Bertz CT molecular complexity index is 141. The van der Waals surface area contributed by atoms with Crippen LogP contribution in [0.1, 0.15) is 13.8 Å². The molecule has 0 aromatic carbocycles. The van der Waals surface area contributed by atoms with Crippen LogP contribution in [0.3, 0.4) is 0 Å². The minimum absolute atomic E-state index is 0.179. The molecule has 1 unspecified atom stereocenters. The van der Waals surface area contributed by atoms with Crippen LogP contribution in [0.4, 0.5) is 0 Å². The first-order valence-corrected chi connectivity index (χ1v) is 3.99. The average Bonchev–Trinajstić information content (AvgIpc) is 1.85. The van der Waals surface area contributed by atoms with Crippen LogP contribution in [0, 0.1) is 0 Å². The van der Waals surface area contributed by atoms with Gasteiger partial charge in [-0.15, -0.1) is 0 Å². The summed E-state index contributed by atoms with van der Waals surface area (Å²) in [4.78, 5) is 0. The molecular formula is C7H12ClNS. The second-order valence-corrected chi connectivity index (χ2v) is 3.05. The molecule has 1 N–H and O–H groups in total. The van der Waals surface area contributed by atoms with E-state index in [1.807, 2.05) is 26.1 Å². The van der Waals surface area contributed by atoms with Gasteiger partial charge < -0.3 is 5.32 Å². The van der Waals surface area contributed by atoms with E-state index in [0.717, 1.165) is 5.57 Å². The second kappa shape index (κ2) is 5.69. The summed E-state index contributed by atoms with van der Waals surface area (Å²) in [7, 11) is 0. The maximum atomic E-state index is 5.34. The lowest BCUT2D eigenvalue weighted by molar-refractivity contribution is 0.856. The number of rotatable bonds is 3. The van der Waals surface area contributed by atoms with Gasteiger partial charge >= 0.3 is 0 Å². The van der Waals surface area contributed by atoms with Gasteiger partial charge in [0.1, 0.15) is 0 Å². The third-order valence-electron chi connectivity index (χ3n) is 0.878. The molecule has 0 saturated carbocycles. The molecule has 0 radical (unpaired) electrons. The van der Waals surface area contributed by atoms with E-state index >= 15 is 0 Å². The van der Waals surface area contributed by atoms with Gasteiger partial charge in [0.05, 0.1) is 5.37 Å². The molecular weight excluding hydrogens is 166 g/mol. The Hall–Kier alpha value is -0.0800. The van der Waals surface area contributed by atoms with E-state index in [1.54, 1.807) is 0 Å². The quantitative estimate of drug-likeness (QED) is 0.384. The number of halogens is 1. The fourth-order valence-corrected chi connectivity index (χ4v) is 0.673. The molecule has 0 aromatic heterocycles. The van der Waals surface area contributed by atoms with Gasteiger partial charge in [0.2, 0.25) is 0 Å². The van der Waals surface area contributed by atoms with Crippen LogP contribution in [0.15, 0.2) is 23.4 Å². The van der Waals surface area contributed by atoms with Gasteiger partial charge in [0, 0.05) is 11.7 Å². The normalized spacial score (nSPS) is 15.8. The van der Waals surface area contributed by atoms with Crippen molar-refractivity contribution in [3.05, 3.63) is 23.4 Å². The second-order valence-electron chi connectivity index (χ2n) is 2.02. The van der Waals surface area contributed by atoms with E-state index in [0.29, 0.717) is 0 Å². The van der Waals surface area contributed by atoms with Gasteiger partial charge in [0.15, 0.2) is 0 Å². The van der Waals surface area contributed by atoms with Gasteiger partial charge in [-0.2, -0.15) is 12.6 Å². The van der Waals surface area contributed by atoms with E-state index in [9.17, 15) is 0 Å². The molecule has 0 aliphatic rings. The van der Waals surface area contributed by atoms with Crippen LogP contribution in [0.2, 0.25) is 0 Å². The highest BCUT2D eigenvalue weighted by Crippen LogP contribution is 1.95. The molecule has 10 heavy (non-hydrogen) atoms. The van der Waals surface area contributed by atoms with Crippen LogP contribution < -0.4 is 5.32 Å². The van der Waals surface area contributed by atoms with Gasteiger partial charge in [-0.3, -0.25) is 0 Å². The van der Waals surface area contributed by atoms with E-state index in [-0.39, 0.29) is 5.37 Å². The van der Waals surface area contributed by atoms with Crippen molar-refractivity contribution in [2.75, 3.05) is 0 Å². The summed E-state index contributed by atoms with van der Waals surface area (Å²) in [5.74, 6) is 0. The minimum Gasteiger partial charge on any atom is -0.379 e. The Labute approximate surface area is 72.6 Å². The Morgan fingerprint density at radius 2 is 2.30 bits per heavy atom. The zero-order chi connectivity index (χ0) is 7.98. The van der Waals surface area contributed by atoms with Crippen molar-refractivity contribution < 1.29 is 0 Å². The lowest BCUT2D eigenvalue weighted by Gasteiger charge is -2.02. The monoisotopic (exact) mass is 177 g/mol. The standard InChI is InChI=1S/C7H12ClNS/c1-6(3-4-8)5-9-7(2)10/h3-5,7,9-10H,1-2H3/b4-3+,6-5+. The van der Waals surface area contributed by atoms with Crippen LogP contribution in [-0.2, 0) is 0 Å². The molecule has 1 nitrogen and oxygen atoms in total. The molecule has 0 spiro atoms. The van der Waals surface area contributed by atoms with Crippen LogP contribution in [-0.4, -0.2) is 5.37 Å². The van der Waals surface area contributed by atoms with Crippen molar-refractivity contribution in [1.29, 1.82) is 0 Å². The van der Waals surface area contributed by atoms with Crippen molar-refractivity contribution in [2.24, 2.45) is 0 Å². The van der Waals surface area contributed by atoms with Crippen LogP contribution in [0.5, 0.6) is 0 Å². The molecule has 0 aliphatic carbocycles. The van der Waals surface area contributed by atoms with Crippen molar-refractivity contribution in [1.82, 2.24) is 5.32 Å². The smallest absolute Gasteiger partial charge is 0.0659 e. The van der Waals surface area contributed by atoms with Crippen molar-refractivity contribution in [3.63, 3.8) is 0 Å². The molecule has 58 valence electrons. The highest BCUT2D eigenvalue weighted by Gasteiger charge is 1.85. The summed E-state index contributed by atoms with van der Waals surface area (Å²) in [5.41, 5.74) is 2.56. The molecule has 0 aromatic rings. The maximum Gasteiger partial charge on any atom is 0.0659 e. The molecule has 0 bridgehead atoms.